The SMILES string of the molecule is C=C/C(CCN)=C(O)\C(C)=C/C. The quantitative estimate of drug-likeness (QED) is 0.498. The topological polar surface area (TPSA) is 46.2 Å². The van der Waals surface area contributed by atoms with Crippen molar-refractivity contribution in [3.8, 4) is 0 Å². The second-order valence-electron chi connectivity index (χ2n) is 2.59. The maximum atomic E-state index is 9.59. The van der Waals surface area contributed by atoms with Crippen molar-refractivity contribution in [2.75, 3.05) is 6.54 Å². The number of aliphatic hydroxyl groups is 1. The fourth-order valence-electron chi connectivity index (χ4n) is 0.863. The highest BCUT2D eigenvalue weighted by molar-refractivity contribution is 5.33. The van der Waals surface area contributed by atoms with Crippen molar-refractivity contribution in [1.29, 1.82) is 0 Å². The molecule has 0 aromatic heterocycles. The van der Waals surface area contributed by atoms with Crippen molar-refractivity contribution >= 4 is 0 Å². The molecule has 0 aromatic rings. The van der Waals surface area contributed by atoms with Crippen LogP contribution in [0.25, 0.3) is 0 Å². The Balaban J connectivity index is 4.70. The standard InChI is InChI=1S/C10H17NO/c1-4-8(3)10(12)9(5-2)6-7-11/h4-5,12H,2,6-7,11H2,1,3H3/b8-4-,10-9-. The lowest BCUT2D eigenvalue weighted by atomic mass is 10.1. The minimum Gasteiger partial charge on any atom is -0.507 e. The van der Waals surface area contributed by atoms with Crippen molar-refractivity contribution < 1.29 is 5.11 Å². The molecule has 0 unspecified atom stereocenters. The van der Waals surface area contributed by atoms with Gasteiger partial charge in [-0.2, -0.15) is 0 Å². The van der Waals surface area contributed by atoms with Gasteiger partial charge in [-0.25, -0.2) is 0 Å². The summed E-state index contributed by atoms with van der Waals surface area (Å²) in [5.74, 6) is 0.304. The maximum Gasteiger partial charge on any atom is 0.121 e. The summed E-state index contributed by atoms with van der Waals surface area (Å²) in [6.07, 6.45) is 4.17. The first-order chi connectivity index (χ1) is 5.67. The van der Waals surface area contributed by atoms with E-state index in [-0.39, 0.29) is 0 Å². The van der Waals surface area contributed by atoms with Crippen LogP contribution in [0.2, 0.25) is 0 Å². The van der Waals surface area contributed by atoms with E-state index >= 15 is 0 Å². The molecular weight excluding hydrogens is 150 g/mol. The van der Waals surface area contributed by atoms with Crippen LogP contribution in [0.4, 0.5) is 0 Å². The summed E-state index contributed by atoms with van der Waals surface area (Å²) in [5.41, 5.74) is 7.04. The molecule has 0 bridgehead atoms. The molecule has 3 N–H and O–H groups in total. The van der Waals surface area contributed by atoms with Crippen LogP contribution in [0.5, 0.6) is 0 Å². The van der Waals surface area contributed by atoms with Crippen LogP contribution in [0, 0.1) is 0 Å². The fraction of sp³-hybridized carbons (Fsp3) is 0.400. The van der Waals surface area contributed by atoms with Crippen molar-refractivity contribution in [2.45, 2.75) is 20.3 Å². The zero-order valence-corrected chi connectivity index (χ0v) is 7.80. The van der Waals surface area contributed by atoms with E-state index in [0.29, 0.717) is 18.7 Å². The van der Waals surface area contributed by atoms with Gasteiger partial charge in [-0.05, 0) is 38.0 Å². The highest BCUT2D eigenvalue weighted by Crippen LogP contribution is 2.14. The molecule has 0 aliphatic heterocycles. The molecule has 0 atom stereocenters. The molecule has 0 heterocycles. The summed E-state index contributed by atoms with van der Waals surface area (Å²) in [6, 6.07) is 0. The first-order valence-corrected chi connectivity index (χ1v) is 4.05. The number of hydrogen-bond acceptors (Lipinski definition) is 2. The molecule has 0 aromatic carbocycles. The Kier molecular flexibility index (Phi) is 5.13. The van der Waals surface area contributed by atoms with Crippen LogP contribution in [0.1, 0.15) is 20.3 Å². The Morgan fingerprint density at radius 2 is 2.17 bits per heavy atom. The predicted molar refractivity (Wildman–Crippen MR) is 53.0 cm³/mol. The van der Waals surface area contributed by atoms with Crippen LogP contribution in [-0.4, -0.2) is 11.7 Å². The molecule has 68 valence electrons. The van der Waals surface area contributed by atoms with Crippen LogP contribution >= 0.6 is 0 Å². The van der Waals surface area contributed by atoms with E-state index < -0.39 is 0 Å². The second-order valence-corrected chi connectivity index (χ2v) is 2.59. The van der Waals surface area contributed by atoms with Crippen molar-refractivity contribution in [3.63, 3.8) is 0 Å². The maximum absolute atomic E-state index is 9.59. The molecule has 2 heteroatoms. The van der Waals surface area contributed by atoms with E-state index in [0.717, 1.165) is 11.1 Å². The zero-order chi connectivity index (χ0) is 9.56. The minimum atomic E-state index is 0.304. The van der Waals surface area contributed by atoms with E-state index in [9.17, 15) is 5.11 Å². The Morgan fingerprint density at radius 3 is 2.50 bits per heavy atom. The Morgan fingerprint density at radius 1 is 1.58 bits per heavy atom. The van der Waals surface area contributed by atoms with E-state index in [1.165, 1.54) is 0 Å². The zero-order valence-electron chi connectivity index (χ0n) is 7.80. The number of rotatable bonds is 4. The molecule has 0 saturated heterocycles. The molecule has 0 radical (unpaired) electrons. The van der Waals surface area contributed by atoms with Gasteiger partial charge in [0.1, 0.15) is 5.76 Å². The highest BCUT2D eigenvalue weighted by Gasteiger charge is 2.01. The third-order valence-corrected chi connectivity index (χ3v) is 1.77. The van der Waals surface area contributed by atoms with Crippen molar-refractivity contribution in [3.05, 3.63) is 35.6 Å². The van der Waals surface area contributed by atoms with Crippen molar-refractivity contribution in [2.24, 2.45) is 5.73 Å². The van der Waals surface area contributed by atoms with Gasteiger partial charge >= 0.3 is 0 Å². The van der Waals surface area contributed by atoms with Gasteiger partial charge in [0.15, 0.2) is 0 Å². The predicted octanol–water partition coefficient (Wildman–Crippen LogP) is 2.30. The Bertz CT molecular complexity index is 214. The number of nitrogens with two attached hydrogens (primary N) is 1. The van der Waals surface area contributed by atoms with Gasteiger partial charge in [0.2, 0.25) is 0 Å². The molecule has 0 amide bonds. The summed E-state index contributed by atoms with van der Waals surface area (Å²) in [6.45, 7) is 7.89. The molecule has 0 aliphatic rings. The normalized spacial score (nSPS) is 14.1. The second kappa shape index (κ2) is 5.61. The summed E-state index contributed by atoms with van der Waals surface area (Å²) < 4.78 is 0. The number of hydrogen-bond donors (Lipinski definition) is 2. The average Bonchev–Trinajstić information content (AvgIpc) is 2.11. The van der Waals surface area contributed by atoms with Gasteiger partial charge in [0, 0.05) is 0 Å². The molecule has 0 rings (SSSR count). The van der Waals surface area contributed by atoms with Gasteiger partial charge in [-0.3, -0.25) is 0 Å². The molecule has 0 spiro atoms. The molecule has 2 nitrogen and oxygen atoms in total. The molecular formula is C10H17NO. The molecule has 12 heavy (non-hydrogen) atoms. The lowest BCUT2D eigenvalue weighted by Crippen LogP contribution is -2.01. The smallest absolute Gasteiger partial charge is 0.121 e. The van der Waals surface area contributed by atoms with Crippen LogP contribution in [-0.2, 0) is 0 Å². The third kappa shape index (κ3) is 2.93. The Labute approximate surface area is 74.1 Å². The van der Waals surface area contributed by atoms with Crippen LogP contribution < -0.4 is 5.73 Å². The summed E-state index contributed by atoms with van der Waals surface area (Å²) in [4.78, 5) is 0. The van der Waals surface area contributed by atoms with Crippen LogP contribution in [0.3, 0.4) is 0 Å². The van der Waals surface area contributed by atoms with E-state index in [1.807, 2.05) is 19.9 Å². The van der Waals surface area contributed by atoms with E-state index in [4.69, 9.17) is 5.73 Å². The lowest BCUT2D eigenvalue weighted by molar-refractivity contribution is 0.416. The molecule has 0 fully saturated rings. The average molecular weight is 167 g/mol. The summed E-state index contributed by atoms with van der Waals surface area (Å²) in [5, 5.41) is 9.59. The first kappa shape index (κ1) is 11.0. The number of allylic oxidation sites excluding steroid dienone is 3. The van der Waals surface area contributed by atoms with E-state index in [1.54, 1.807) is 6.08 Å². The first-order valence-electron chi connectivity index (χ1n) is 4.05. The van der Waals surface area contributed by atoms with Gasteiger partial charge in [0.25, 0.3) is 0 Å². The van der Waals surface area contributed by atoms with Gasteiger partial charge < -0.3 is 10.8 Å². The van der Waals surface area contributed by atoms with Crippen LogP contribution in [0.15, 0.2) is 35.6 Å². The largest absolute Gasteiger partial charge is 0.507 e. The Hall–Kier alpha value is -1.02. The fourth-order valence-corrected chi connectivity index (χ4v) is 0.863. The summed E-state index contributed by atoms with van der Waals surface area (Å²) in [7, 11) is 0. The number of aliphatic hydroxyl groups excluding tert-OH is 1. The van der Waals surface area contributed by atoms with E-state index in [2.05, 4.69) is 6.58 Å². The lowest BCUT2D eigenvalue weighted by Gasteiger charge is -2.05. The molecule has 0 aliphatic carbocycles. The van der Waals surface area contributed by atoms with Gasteiger partial charge in [-0.1, -0.05) is 18.7 Å². The third-order valence-electron chi connectivity index (χ3n) is 1.77. The van der Waals surface area contributed by atoms with Crippen molar-refractivity contribution in [1.82, 2.24) is 0 Å². The molecule has 0 saturated carbocycles. The summed E-state index contributed by atoms with van der Waals surface area (Å²) >= 11 is 0. The van der Waals surface area contributed by atoms with Gasteiger partial charge in [-0.15, -0.1) is 0 Å². The monoisotopic (exact) mass is 167 g/mol. The van der Waals surface area contributed by atoms with Gasteiger partial charge in [0.05, 0.1) is 0 Å². The minimum absolute atomic E-state index is 0.304. The highest BCUT2D eigenvalue weighted by atomic mass is 16.3.